The van der Waals surface area contributed by atoms with Crippen molar-refractivity contribution in [3.8, 4) is 11.5 Å². The number of hydrogen-bond donors (Lipinski definition) is 0. The number of carbonyl (C=O) groups excluding carboxylic acids is 2. The average Bonchev–Trinajstić information content (AvgIpc) is 2.81. The van der Waals surface area contributed by atoms with Crippen LogP contribution in [0.1, 0.15) is 31.8 Å². The second-order valence-corrected chi connectivity index (χ2v) is 6.37. The zero-order valence-electron chi connectivity index (χ0n) is 16.8. The standard InChI is InChI=1S/C24H22O6/c1-27-21-12-5-3-10-19(21)23(25)29-15-17-8-7-9-18(14-17)16-30-24(26)20-11-4-6-13-22(20)28-2/h3-14H,15-16H2,1-2H3. The van der Waals surface area contributed by atoms with Gasteiger partial charge in [0, 0.05) is 0 Å². The number of carbonyl (C=O) groups is 2. The lowest BCUT2D eigenvalue weighted by Gasteiger charge is -2.10. The molecule has 0 heterocycles. The summed E-state index contributed by atoms with van der Waals surface area (Å²) in [6.45, 7) is 0.177. The molecule has 0 aliphatic heterocycles. The summed E-state index contributed by atoms with van der Waals surface area (Å²) in [4.78, 5) is 24.7. The van der Waals surface area contributed by atoms with Crippen LogP contribution in [-0.2, 0) is 22.7 Å². The van der Waals surface area contributed by atoms with Crippen molar-refractivity contribution in [1.82, 2.24) is 0 Å². The Morgan fingerprint density at radius 2 is 1.07 bits per heavy atom. The molecule has 3 rings (SSSR count). The third-order valence-electron chi connectivity index (χ3n) is 4.39. The summed E-state index contributed by atoms with van der Waals surface area (Å²) in [5.74, 6) is -0.0279. The largest absolute Gasteiger partial charge is 0.496 e. The van der Waals surface area contributed by atoms with E-state index in [1.165, 1.54) is 14.2 Å². The predicted octanol–water partition coefficient (Wildman–Crippen LogP) is 4.42. The van der Waals surface area contributed by atoms with Crippen LogP contribution in [0, 0.1) is 0 Å². The number of rotatable bonds is 8. The van der Waals surface area contributed by atoms with E-state index >= 15 is 0 Å². The van der Waals surface area contributed by atoms with Gasteiger partial charge in [0.15, 0.2) is 0 Å². The molecule has 0 bridgehead atoms. The number of esters is 2. The molecule has 0 fully saturated rings. The maximum Gasteiger partial charge on any atom is 0.342 e. The van der Waals surface area contributed by atoms with Crippen molar-refractivity contribution in [2.45, 2.75) is 13.2 Å². The second kappa shape index (κ2) is 10.1. The van der Waals surface area contributed by atoms with Crippen LogP contribution in [-0.4, -0.2) is 26.2 Å². The van der Waals surface area contributed by atoms with Gasteiger partial charge < -0.3 is 18.9 Å². The first-order chi connectivity index (χ1) is 14.6. The number of hydrogen-bond acceptors (Lipinski definition) is 6. The van der Waals surface area contributed by atoms with Crippen molar-refractivity contribution in [1.29, 1.82) is 0 Å². The molecule has 0 aromatic heterocycles. The van der Waals surface area contributed by atoms with Gasteiger partial charge >= 0.3 is 11.9 Å². The number of para-hydroxylation sites is 2. The van der Waals surface area contributed by atoms with E-state index in [4.69, 9.17) is 18.9 Å². The Labute approximate surface area is 175 Å². The molecule has 0 atom stereocenters. The fourth-order valence-electron chi connectivity index (χ4n) is 2.89. The highest BCUT2D eigenvalue weighted by atomic mass is 16.5. The minimum absolute atomic E-state index is 0.0885. The zero-order chi connectivity index (χ0) is 21.3. The van der Waals surface area contributed by atoms with Gasteiger partial charge in [0.1, 0.15) is 35.8 Å². The van der Waals surface area contributed by atoms with Crippen LogP contribution in [0.25, 0.3) is 0 Å². The van der Waals surface area contributed by atoms with Gasteiger partial charge in [-0.2, -0.15) is 0 Å². The summed E-state index contributed by atoms with van der Waals surface area (Å²) in [5, 5.41) is 0. The Morgan fingerprint density at radius 1 is 0.633 bits per heavy atom. The van der Waals surface area contributed by atoms with Crippen LogP contribution in [0.2, 0.25) is 0 Å². The Balaban J connectivity index is 1.59. The maximum atomic E-state index is 12.3. The number of benzene rings is 3. The molecule has 3 aromatic rings. The van der Waals surface area contributed by atoms with Gasteiger partial charge in [0.25, 0.3) is 0 Å². The Hall–Kier alpha value is -3.80. The molecular formula is C24H22O6. The van der Waals surface area contributed by atoms with Gasteiger partial charge in [0.05, 0.1) is 14.2 Å². The van der Waals surface area contributed by atoms with Crippen LogP contribution < -0.4 is 9.47 Å². The molecule has 0 spiro atoms. The Morgan fingerprint density at radius 3 is 1.50 bits per heavy atom. The molecule has 0 radical (unpaired) electrons. The molecular weight excluding hydrogens is 384 g/mol. The van der Waals surface area contributed by atoms with Crippen LogP contribution in [0.3, 0.4) is 0 Å². The molecule has 6 heteroatoms. The molecule has 0 N–H and O–H groups in total. The van der Waals surface area contributed by atoms with Gasteiger partial charge in [-0.3, -0.25) is 0 Å². The van der Waals surface area contributed by atoms with E-state index in [9.17, 15) is 9.59 Å². The smallest absolute Gasteiger partial charge is 0.342 e. The quantitative estimate of drug-likeness (QED) is 0.516. The van der Waals surface area contributed by atoms with E-state index in [-0.39, 0.29) is 13.2 Å². The lowest BCUT2D eigenvalue weighted by Crippen LogP contribution is -2.08. The van der Waals surface area contributed by atoms with E-state index in [0.717, 1.165) is 11.1 Å². The first-order valence-corrected chi connectivity index (χ1v) is 9.30. The molecule has 30 heavy (non-hydrogen) atoms. The van der Waals surface area contributed by atoms with Crippen molar-refractivity contribution < 1.29 is 28.5 Å². The van der Waals surface area contributed by atoms with Gasteiger partial charge in [0.2, 0.25) is 0 Å². The summed E-state index contributed by atoms with van der Waals surface area (Å²) in [6, 6.07) is 21.1. The fraction of sp³-hybridized carbons (Fsp3) is 0.167. The van der Waals surface area contributed by atoms with E-state index in [1.54, 1.807) is 48.5 Å². The van der Waals surface area contributed by atoms with Crippen molar-refractivity contribution in [2.24, 2.45) is 0 Å². The zero-order valence-corrected chi connectivity index (χ0v) is 16.8. The van der Waals surface area contributed by atoms with E-state index < -0.39 is 11.9 Å². The first kappa shape index (κ1) is 20.9. The second-order valence-electron chi connectivity index (χ2n) is 6.37. The highest BCUT2D eigenvalue weighted by Crippen LogP contribution is 2.20. The van der Waals surface area contributed by atoms with Crippen LogP contribution in [0.4, 0.5) is 0 Å². The van der Waals surface area contributed by atoms with Crippen LogP contribution in [0.5, 0.6) is 11.5 Å². The summed E-state index contributed by atoms with van der Waals surface area (Å²) >= 11 is 0. The van der Waals surface area contributed by atoms with Gasteiger partial charge in [-0.15, -0.1) is 0 Å². The van der Waals surface area contributed by atoms with E-state index in [2.05, 4.69) is 0 Å². The third-order valence-corrected chi connectivity index (χ3v) is 4.39. The molecule has 0 unspecified atom stereocenters. The van der Waals surface area contributed by atoms with Crippen LogP contribution in [0.15, 0.2) is 72.8 Å². The summed E-state index contributed by atoms with van der Waals surface area (Å²) in [7, 11) is 3.00. The summed E-state index contributed by atoms with van der Waals surface area (Å²) in [6.07, 6.45) is 0. The van der Waals surface area contributed by atoms with Crippen molar-refractivity contribution in [3.63, 3.8) is 0 Å². The average molecular weight is 406 g/mol. The van der Waals surface area contributed by atoms with E-state index in [0.29, 0.717) is 22.6 Å². The maximum absolute atomic E-state index is 12.3. The number of methoxy groups -OCH3 is 2. The molecule has 0 aliphatic rings. The van der Waals surface area contributed by atoms with E-state index in [1.807, 2.05) is 24.3 Å². The number of ether oxygens (including phenoxy) is 4. The SMILES string of the molecule is COc1ccccc1C(=O)OCc1cccc(COC(=O)c2ccccc2OC)c1. The monoisotopic (exact) mass is 406 g/mol. The lowest BCUT2D eigenvalue weighted by molar-refractivity contribution is 0.0467. The highest BCUT2D eigenvalue weighted by Gasteiger charge is 2.14. The molecule has 154 valence electrons. The Kier molecular flexibility index (Phi) is 7.05. The molecule has 3 aromatic carbocycles. The molecule has 0 saturated carbocycles. The Bertz CT molecular complexity index is 949. The molecule has 0 amide bonds. The van der Waals surface area contributed by atoms with Crippen LogP contribution >= 0.6 is 0 Å². The van der Waals surface area contributed by atoms with Gasteiger partial charge in [-0.1, -0.05) is 42.5 Å². The van der Waals surface area contributed by atoms with Crippen molar-refractivity contribution >= 4 is 11.9 Å². The molecule has 0 aliphatic carbocycles. The topological polar surface area (TPSA) is 71.1 Å². The normalized spacial score (nSPS) is 10.2. The minimum atomic E-state index is -0.472. The third kappa shape index (κ3) is 5.17. The van der Waals surface area contributed by atoms with Gasteiger partial charge in [-0.25, -0.2) is 9.59 Å². The molecule has 6 nitrogen and oxygen atoms in total. The van der Waals surface area contributed by atoms with Gasteiger partial charge in [-0.05, 0) is 41.5 Å². The highest BCUT2D eigenvalue weighted by molar-refractivity contribution is 5.93. The lowest BCUT2D eigenvalue weighted by atomic mass is 10.1. The fourth-order valence-corrected chi connectivity index (χ4v) is 2.89. The van der Waals surface area contributed by atoms with Crippen molar-refractivity contribution in [3.05, 3.63) is 95.1 Å². The predicted molar refractivity (Wildman–Crippen MR) is 111 cm³/mol. The summed E-state index contributed by atoms with van der Waals surface area (Å²) in [5.41, 5.74) is 2.29. The molecule has 0 saturated heterocycles. The van der Waals surface area contributed by atoms with Crippen molar-refractivity contribution in [2.75, 3.05) is 14.2 Å². The summed E-state index contributed by atoms with van der Waals surface area (Å²) < 4.78 is 21.2. The minimum Gasteiger partial charge on any atom is -0.496 e. The first-order valence-electron chi connectivity index (χ1n) is 9.30.